The molecule has 0 N–H and O–H groups in total. The Hall–Kier alpha value is -2.30. The number of aryl methyl sites for hydroxylation is 1. The summed E-state index contributed by atoms with van der Waals surface area (Å²) >= 11 is 5.61. The van der Waals surface area contributed by atoms with Gasteiger partial charge >= 0.3 is 6.18 Å². The van der Waals surface area contributed by atoms with Gasteiger partial charge in [0.05, 0.1) is 17.0 Å². The van der Waals surface area contributed by atoms with Crippen molar-refractivity contribution >= 4 is 17.5 Å². The molecule has 1 aromatic heterocycles. The molecule has 12 heteroatoms. The minimum Gasteiger partial charge on any atom is -0.335 e. The standard InChI is InChI=1S/C18H15ClF7N3O/c1-28-17(23)9(15(27-28)16(21)22)6-13(30)29(8-2-3-8)7-10-11(18(24,25)26)4-5-12(19)14(10)20/h4-5,8,16H,2-3,6-7H2,1H3. The zero-order valence-corrected chi connectivity index (χ0v) is 16.2. The van der Waals surface area contributed by atoms with Crippen molar-refractivity contribution in [2.24, 2.45) is 7.05 Å². The van der Waals surface area contributed by atoms with E-state index in [1.165, 1.54) is 0 Å². The first-order chi connectivity index (χ1) is 13.9. The van der Waals surface area contributed by atoms with Crippen LogP contribution in [-0.4, -0.2) is 26.6 Å². The molecule has 3 rings (SSSR count). The third-order valence-electron chi connectivity index (χ3n) is 4.77. The molecular formula is C18H15ClF7N3O. The first kappa shape index (κ1) is 22.4. The summed E-state index contributed by atoms with van der Waals surface area (Å²) in [6.07, 6.45) is -8.03. The van der Waals surface area contributed by atoms with Crippen LogP contribution in [0, 0.1) is 11.8 Å². The topological polar surface area (TPSA) is 38.1 Å². The molecule has 4 nitrogen and oxygen atoms in total. The zero-order chi connectivity index (χ0) is 22.4. The van der Waals surface area contributed by atoms with Gasteiger partial charge in [-0.1, -0.05) is 11.6 Å². The summed E-state index contributed by atoms with van der Waals surface area (Å²) in [5.74, 6) is -3.40. The van der Waals surface area contributed by atoms with E-state index in [1.807, 2.05) is 0 Å². The Balaban J connectivity index is 1.94. The van der Waals surface area contributed by atoms with Gasteiger partial charge in [0.2, 0.25) is 11.9 Å². The molecule has 1 heterocycles. The fraction of sp³-hybridized carbons (Fsp3) is 0.444. The fourth-order valence-electron chi connectivity index (χ4n) is 3.15. The van der Waals surface area contributed by atoms with E-state index >= 15 is 0 Å². The van der Waals surface area contributed by atoms with Crippen LogP contribution in [0.2, 0.25) is 5.02 Å². The van der Waals surface area contributed by atoms with Crippen molar-refractivity contribution in [1.82, 2.24) is 14.7 Å². The van der Waals surface area contributed by atoms with E-state index in [0.29, 0.717) is 23.6 Å². The number of aromatic nitrogens is 2. The second-order valence-corrected chi connectivity index (χ2v) is 7.30. The first-order valence-electron chi connectivity index (χ1n) is 8.74. The maximum atomic E-state index is 14.4. The molecule has 1 aliphatic rings. The van der Waals surface area contributed by atoms with Gasteiger partial charge in [0.1, 0.15) is 11.5 Å². The lowest BCUT2D eigenvalue weighted by atomic mass is 10.0. The van der Waals surface area contributed by atoms with Crippen LogP contribution >= 0.6 is 11.6 Å². The molecule has 1 saturated carbocycles. The third-order valence-corrected chi connectivity index (χ3v) is 5.06. The second kappa shape index (κ2) is 8.09. The number of nitrogens with zero attached hydrogens (tertiary/aromatic N) is 3. The van der Waals surface area contributed by atoms with E-state index in [4.69, 9.17) is 11.6 Å². The van der Waals surface area contributed by atoms with E-state index in [9.17, 15) is 35.5 Å². The number of benzene rings is 1. The van der Waals surface area contributed by atoms with Gasteiger partial charge in [-0.25, -0.2) is 17.9 Å². The maximum Gasteiger partial charge on any atom is 0.416 e. The number of hydrogen-bond donors (Lipinski definition) is 0. The van der Waals surface area contributed by atoms with Gasteiger partial charge in [0.15, 0.2) is 0 Å². The Morgan fingerprint density at radius 1 is 1.27 bits per heavy atom. The number of amides is 1. The largest absolute Gasteiger partial charge is 0.416 e. The highest BCUT2D eigenvalue weighted by Gasteiger charge is 2.39. The maximum absolute atomic E-state index is 14.4. The number of hydrogen-bond acceptors (Lipinski definition) is 2. The fourth-order valence-corrected chi connectivity index (χ4v) is 3.33. The van der Waals surface area contributed by atoms with Gasteiger partial charge in [0, 0.05) is 30.8 Å². The van der Waals surface area contributed by atoms with Crippen LogP contribution < -0.4 is 0 Å². The predicted molar refractivity (Wildman–Crippen MR) is 91.8 cm³/mol. The van der Waals surface area contributed by atoms with Crippen molar-refractivity contribution in [3.8, 4) is 0 Å². The summed E-state index contributed by atoms with van der Waals surface area (Å²) in [7, 11) is 1.07. The minimum atomic E-state index is -4.91. The molecule has 30 heavy (non-hydrogen) atoms. The van der Waals surface area contributed by atoms with Gasteiger partial charge in [-0.2, -0.15) is 22.7 Å². The summed E-state index contributed by atoms with van der Waals surface area (Å²) in [5.41, 5.74) is -3.71. The molecule has 0 radical (unpaired) electrons. The van der Waals surface area contributed by atoms with E-state index in [1.54, 1.807) is 0 Å². The summed E-state index contributed by atoms with van der Waals surface area (Å²) in [6.45, 7) is -0.781. The van der Waals surface area contributed by atoms with Crippen LogP contribution in [0.5, 0.6) is 0 Å². The van der Waals surface area contributed by atoms with Gasteiger partial charge in [-0.3, -0.25) is 4.79 Å². The van der Waals surface area contributed by atoms with Crippen molar-refractivity contribution < 1.29 is 35.5 Å². The van der Waals surface area contributed by atoms with Crippen molar-refractivity contribution in [1.29, 1.82) is 0 Å². The SMILES string of the molecule is Cn1nc(C(F)F)c(CC(=O)N(Cc2c(C(F)(F)F)ccc(Cl)c2F)C2CC2)c1F. The normalized spacial score (nSPS) is 14.5. The minimum absolute atomic E-state index is 0.437. The molecule has 0 spiro atoms. The van der Waals surface area contributed by atoms with Crippen molar-refractivity contribution in [3.05, 3.63) is 51.3 Å². The van der Waals surface area contributed by atoms with Crippen LogP contribution in [-0.2, 0) is 31.0 Å². The van der Waals surface area contributed by atoms with Crippen molar-refractivity contribution in [3.63, 3.8) is 0 Å². The average Bonchev–Trinajstić information content (AvgIpc) is 3.44. The molecule has 1 aromatic carbocycles. The lowest BCUT2D eigenvalue weighted by Gasteiger charge is -2.25. The smallest absolute Gasteiger partial charge is 0.335 e. The number of alkyl halides is 5. The van der Waals surface area contributed by atoms with Crippen molar-refractivity contribution in [2.75, 3.05) is 0 Å². The van der Waals surface area contributed by atoms with Crippen LogP contribution in [0.3, 0.4) is 0 Å². The molecule has 1 amide bonds. The molecule has 1 fully saturated rings. The molecule has 0 unspecified atom stereocenters. The average molecular weight is 458 g/mol. The first-order valence-corrected chi connectivity index (χ1v) is 9.12. The van der Waals surface area contributed by atoms with Crippen LogP contribution in [0.15, 0.2) is 12.1 Å². The molecule has 2 aromatic rings. The van der Waals surface area contributed by atoms with E-state index in [2.05, 4.69) is 5.10 Å². The van der Waals surface area contributed by atoms with Gasteiger partial charge in [-0.15, -0.1) is 0 Å². The Bertz CT molecular complexity index is 970. The molecule has 0 saturated heterocycles. The summed E-state index contributed by atoms with van der Waals surface area (Å²) in [5, 5.41) is 2.78. The molecular weight excluding hydrogens is 443 g/mol. The van der Waals surface area contributed by atoms with Crippen LogP contribution in [0.1, 0.15) is 41.7 Å². The summed E-state index contributed by atoms with van der Waals surface area (Å²) < 4.78 is 95.3. The highest BCUT2D eigenvalue weighted by Crippen LogP contribution is 2.38. The van der Waals surface area contributed by atoms with Crippen molar-refractivity contribution in [2.45, 2.75) is 44.5 Å². The molecule has 0 atom stereocenters. The lowest BCUT2D eigenvalue weighted by molar-refractivity contribution is -0.140. The van der Waals surface area contributed by atoms with E-state index in [0.717, 1.165) is 18.0 Å². The molecule has 0 aliphatic heterocycles. The van der Waals surface area contributed by atoms with E-state index in [-0.39, 0.29) is 0 Å². The number of halogens is 8. The Morgan fingerprint density at radius 2 is 1.90 bits per heavy atom. The molecule has 164 valence electrons. The predicted octanol–water partition coefficient (Wildman–Crippen LogP) is 5.04. The van der Waals surface area contributed by atoms with Gasteiger partial charge in [0.25, 0.3) is 6.43 Å². The highest BCUT2D eigenvalue weighted by atomic mass is 35.5. The van der Waals surface area contributed by atoms with Crippen LogP contribution in [0.4, 0.5) is 30.7 Å². The monoisotopic (exact) mass is 457 g/mol. The molecule has 0 bridgehead atoms. The quantitative estimate of drug-likeness (QED) is 0.570. The zero-order valence-electron chi connectivity index (χ0n) is 15.4. The van der Waals surface area contributed by atoms with Gasteiger partial charge in [-0.05, 0) is 25.0 Å². The number of rotatable bonds is 6. The third kappa shape index (κ3) is 4.40. The Labute approximate surface area is 171 Å². The summed E-state index contributed by atoms with van der Waals surface area (Å²) in [4.78, 5) is 13.7. The molecule has 1 aliphatic carbocycles. The van der Waals surface area contributed by atoms with E-state index < -0.39 is 76.7 Å². The number of carbonyl (C=O) groups excluding carboxylic acids is 1. The van der Waals surface area contributed by atoms with Gasteiger partial charge < -0.3 is 4.90 Å². The Kier molecular flexibility index (Phi) is 6.03. The Morgan fingerprint density at radius 3 is 2.43 bits per heavy atom. The van der Waals surface area contributed by atoms with Crippen LogP contribution in [0.25, 0.3) is 0 Å². The number of carbonyl (C=O) groups is 1. The highest BCUT2D eigenvalue weighted by molar-refractivity contribution is 6.30. The lowest BCUT2D eigenvalue weighted by Crippen LogP contribution is -2.35. The second-order valence-electron chi connectivity index (χ2n) is 6.89. The summed E-state index contributed by atoms with van der Waals surface area (Å²) in [6, 6.07) is 0.852.